The molecular formula is C33H52N4O7. The molecule has 0 aromatic heterocycles. The van der Waals surface area contributed by atoms with Gasteiger partial charge in [-0.25, -0.2) is 0 Å². The van der Waals surface area contributed by atoms with E-state index < -0.39 is 23.8 Å². The highest BCUT2D eigenvalue weighted by molar-refractivity contribution is 5.80. The quantitative estimate of drug-likeness (QED) is 0.279. The lowest BCUT2D eigenvalue weighted by atomic mass is 9.84. The van der Waals surface area contributed by atoms with E-state index in [9.17, 15) is 19.5 Å². The van der Waals surface area contributed by atoms with Gasteiger partial charge in [0.2, 0.25) is 24.4 Å². The van der Waals surface area contributed by atoms with Gasteiger partial charge < -0.3 is 34.0 Å². The van der Waals surface area contributed by atoms with Crippen LogP contribution in [0.4, 0.5) is 0 Å². The number of carbonyl (C=O) groups is 3. The standard InChI is InChI=1S/C33H52N4O7/c1-7-8-13-35(14-10-9-12-34(4)5)29(39)20-37-19-24(23-16-26(42-6)31-27(17-23)43-22-44-31)30(32(40)41)25(37)11-15-36-21-33(2,3)18-28(36)38/h16-17,24-25,30H,7-15,18-22H2,1-6H3,(H,40,41)/t24-,25+,30-/m1/s1. The van der Waals surface area contributed by atoms with Gasteiger partial charge in [0.1, 0.15) is 0 Å². The Morgan fingerprint density at radius 3 is 2.48 bits per heavy atom. The van der Waals surface area contributed by atoms with Crippen molar-refractivity contribution in [3.05, 3.63) is 17.7 Å². The molecule has 11 heteroatoms. The molecule has 246 valence electrons. The Kier molecular flexibility index (Phi) is 11.4. The summed E-state index contributed by atoms with van der Waals surface area (Å²) in [7, 11) is 5.65. The van der Waals surface area contributed by atoms with Gasteiger partial charge in [0.25, 0.3) is 0 Å². The molecule has 2 saturated heterocycles. The summed E-state index contributed by atoms with van der Waals surface area (Å²) in [6.07, 6.45) is 4.80. The summed E-state index contributed by atoms with van der Waals surface area (Å²) in [4.78, 5) is 47.6. The molecular weight excluding hydrogens is 564 g/mol. The summed E-state index contributed by atoms with van der Waals surface area (Å²) in [6.45, 7) is 10.4. The lowest BCUT2D eigenvalue weighted by Gasteiger charge is -2.31. The number of carboxylic acid groups (broad SMARTS) is 1. The zero-order chi connectivity index (χ0) is 32.0. The van der Waals surface area contributed by atoms with Gasteiger partial charge in [0, 0.05) is 51.1 Å². The van der Waals surface area contributed by atoms with Crippen LogP contribution in [0.5, 0.6) is 17.2 Å². The third kappa shape index (κ3) is 8.15. The maximum Gasteiger partial charge on any atom is 0.308 e. The zero-order valence-corrected chi connectivity index (χ0v) is 27.5. The lowest BCUT2D eigenvalue weighted by molar-refractivity contribution is -0.144. The van der Waals surface area contributed by atoms with Crippen LogP contribution in [0, 0.1) is 11.3 Å². The molecule has 3 aliphatic heterocycles. The average molecular weight is 617 g/mol. The number of aliphatic carboxylic acids is 1. The molecule has 3 heterocycles. The molecule has 0 radical (unpaired) electrons. The number of hydrogen-bond donors (Lipinski definition) is 1. The van der Waals surface area contributed by atoms with Crippen LogP contribution < -0.4 is 14.2 Å². The van der Waals surface area contributed by atoms with Gasteiger partial charge in [-0.2, -0.15) is 0 Å². The van der Waals surface area contributed by atoms with E-state index in [0.717, 1.165) is 37.8 Å². The van der Waals surface area contributed by atoms with Crippen LogP contribution in [-0.2, 0) is 14.4 Å². The van der Waals surface area contributed by atoms with Gasteiger partial charge in [-0.1, -0.05) is 27.2 Å². The summed E-state index contributed by atoms with van der Waals surface area (Å²) in [5.74, 6) is -0.414. The maximum absolute atomic E-state index is 13.9. The van der Waals surface area contributed by atoms with Crippen molar-refractivity contribution in [3.8, 4) is 17.2 Å². The van der Waals surface area contributed by atoms with Crippen LogP contribution in [-0.4, -0.2) is 122 Å². The van der Waals surface area contributed by atoms with Crippen molar-refractivity contribution >= 4 is 17.8 Å². The van der Waals surface area contributed by atoms with E-state index in [0.29, 0.717) is 62.8 Å². The predicted molar refractivity (Wildman–Crippen MR) is 167 cm³/mol. The summed E-state index contributed by atoms with van der Waals surface area (Å²) < 4.78 is 16.8. The molecule has 0 unspecified atom stereocenters. The van der Waals surface area contributed by atoms with Crippen molar-refractivity contribution in [2.75, 3.05) is 73.8 Å². The fraction of sp³-hybridized carbons (Fsp3) is 0.727. The van der Waals surface area contributed by atoms with E-state index in [2.05, 4.69) is 39.8 Å². The van der Waals surface area contributed by atoms with Crippen LogP contribution >= 0.6 is 0 Å². The molecule has 4 rings (SSSR count). The largest absolute Gasteiger partial charge is 0.493 e. The molecule has 2 amide bonds. The van der Waals surface area contributed by atoms with Crippen molar-refractivity contribution < 1.29 is 33.7 Å². The van der Waals surface area contributed by atoms with Crippen molar-refractivity contribution in [3.63, 3.8) is 0 Å². The molecule has 3 aliphatic rings. The number of unbranched alkanes of at least 4 members (excludes halogenated alkanes) is 2. The highest BCUT2D eigenvalue weighted by atomic mass is 16.7. The van der Waals surface area contributed by atoms with E-state index in [1.807, 2.05) is 26.8 Å². The Balaban J connectivity index is 1.59. The number of nitrogens with zero attached hydrogens (tertiary/aromatic N) is 4. The molecule has 44 heavy (non-hydrogen) atoms. The fourth-order valence-corrected chi connectivity index (χ4v) is 6.94. The van der Waals surface area contributed by atoms with Crippen molar-refractivity contribution in [2.45, 2.75) is 71.3 Å². The molecule has 0 spiro atoms. The summed E-state index contributed by atoms with van der Waals surface area (Å²) in [6, 6.07) is 3.26. The topological polar surface area (TPSA) is 112 Å². The summed E-state index contributed by atoms with van der Waals surface area (Å²) in [5.41, 5.74) is 0.676. The maximum atomic E-state index is 13.9. The van der Waals surface area contributed by atoms with Gasteiger partial charge in [0.15, 0.2) is 11.5 Å². The number of rotatable bonds is 16. The summed E-state index contributed by atoms with van der Waals surface area (Å²) >= 11 is 0. The first-order valence-electron chi connectivity index (χ1n) is 16.1. The third-order valence-corrected chi connectivity index (χ3v) is 9.19. The molecule has 1 aromatic rings. The van der Waals surface area contributed by atoms with Gasteiger partial charge in [-0.05, 0) is 69.4 Å². The molecule has 0 saturated carbocycles. The Labute approximate surface area is 262 Å². The Hall–Kier alpha value is -3.05. The van der Waals surface area contributed by atoms with Gasteiger partial charge >= 0.3 is 5.97 Å². The Bertz CT molecular complexity index is 1170. The number of likely N-dealkylation sites (tertiary alicyclic amines) is 2. The highest BCUT2D eigenvalue weighted by Gasteiger charge is 2.48. The monoisotopic (exact) mass is 616 g/mol. The summed E-state index contributed by atoms with van der Waals surface area (Å²) in [5, 5.41) is 10.6. The number of hydrogen-bond acceptors (Lipinski definition) is 8. The van der Waals surface area contributed by atoms with Crippen molar-refractivity contribution in [1.82, 2.24) is 19.6 Å². The first kappa shape index (κ1) is 33.8. The van der Waals surface area contributed by atoms with Crippen LogP contribution in [0.3, 0.4) is 0 Å². The van der Waals surface area contributed by atoms with E-state index in [1.54, 1.807) is 7.11 Å². The second kappa shape index (κ2) is 14.8. The molecule has 1 aromatic carbocycles. The van der Waals surface area contributed by atoms with E-state index in [4.69, 9.17) is 14.2 Å². The predicted octanol–water partition coefficient (Wildman–Crippen LogP) is 3.51. The Morgan fingerprint density at radius 1 is 1.11 bits per heavy atom. The number of benzene rings is 1. The second-order valence-electron chi connectivity index (χ2n) is 13.6. The number of amides is 2. The van der Waals surface area contributed by atoms with Gasteiger partial charge in [-0.15, -0.1) is 0 Å². The SMILES string of the molecule is CCCCN(CCCCN(C)C)C(=O)CN1C[C@H](c2cc(OC)c3c(c2)OCO3)[C@@H](C(=O)O)[C@@H]1CCN1CC(C)(C)CC1=O. The number of ether oxygens (including phenoxy) is 3. The van der Waals surface area contributed by atoms with Crippen LogP contribution in [0.2, 0.25) is 0 Å². The molecule has 2 fully saturated rings. The normalized spacial score (nSPS) is 22.7. The average Bonchev–Trinajstić information content (AvgIpc) is 3.65. The molecule has 11 nitrogen and oxygen atoms in total. The fourth-order valence-electron chi connectivity index (χ4n) is 6.94. The van der Waals surface area contributed by atoms with Crippen LogP contribution in [0.25, 0.3) is 0 Å². The van der Waals surface area contributed by atoms with Crippen molar-refractivity contribution in [2.24, 2.45) is 11.3 Å². The van der Waals surface area contributed by atoms with Gasteiger partial charge in [-0.3, -0.25) is 19.3 Å². The van der Waals surface area contributed by atoms with Crippen LogP contribution in [0.15, 0.2) is 12.1 Å². The Morgan fingerprint density at radius 2 is 1.84 bits per heavy atom. The highest BCUT2D eigenvalue weighted by Crippen LogP contribution is 2.47. The minimum absolute atomic E-state index is 0.0275. The second-order valence-corrected chi connectivity index (χ2v) is 13.6. The van der Waals surface area contributed by atoms with E-state index >= 15 is 0 Å². The number of carbonyl (C=O) groups excluding carboxylic acids is 2. The zero-order valence-electron chi connectivity index (χ0n) is 27.5. The first-order valence-corrected chi connectivity index (χ1v) is 16.1. The van der Waals surface area contributed by atoms with E-state index in [1.165, 1.54) is 0 Å². The molecule has 1 N–H and O–H groups in total. The number of carboxylic acids is 1. The molecule has 3 atom stereocenters. The first-order chi connectivity index (χ1) is 20.9. The van der Waals surface area contributed by atoms with Gasteiger partial charge in [0.05, 0.1) is 19.6 Å². The van der Waals surface area contributed by atoms with Crippen molar-refractivity contribution in [1.29, 1.82) is 0 Å². The smallest absolute Gasteiger partial charge is 0.308 e. The number of fused-ring (bicyclic) bond motifs is 1. The van der Waals surface area contributed by atoms with Crippen LogP contribution in [0.1, 0.15) is 70.8 Å². The minimum Gasteiger partial charge on any atom is -0.493 e. The third-order valence-electron chi connectivity index (χ3n) is 9.19. The molecule has 0 bridgehead atoms. The lowest BCUT2D eigenvalue weighted by Crippen LogP contribution is -2.46. The van der Waals surface area contributed by atoms with E-state index in [-0.39, 0.29) is 30.6 Å². The minimum atomic E-state index is -0.911. The number of methoxy groups -OCH3 is 1. The molecule has 0 aliphatic carbocycles.